The third-order valence-electron chi connectivity index (χ3n) is 1.90. The number of hydrogen-bond acceptors (Lipinski definition) is 2. The zero-order chi connectivity index (χ0) is 9.42. The van der Waals surface area contributed by atoms with Gasteiger partial charge in [0, 0.05) is 10.7 Å². The first kappa shape index (κ1) is 9.09. The molecule has 1 heterocycles. The number of hydrogen-bond donors (Lipinski definition) is 0. The number of nitrogens with zero attached hydrogens (tertiary/aromatic N) is 1. The van der Waals surface area contributed by atoms with Crippen LogP contribution in [0.3, 0.4) is 0 Å². The first-order chi connectivity index (χ1) is 6.18. The first-order valence-electron chi connectivity index (χ1n) is 3.71. The van der Waals surface area contributed by atoms with Crippen LogP contribution in [0.5, 0.6) is 0 Å². The number of carbonyl (C=O) groups is 1. The van der Waals surface area contributed by atoms with Crippen molar-refractivity contribution in [2.24, 2.45) is 10.9 Å². The van der Waals surface area contributed by atoms with Gasteiger partial charge >= 0.3 is 0 Å². The van der Waals surface area contributed by atoms with Gasteiger partial charge in [-0.15, -0.1) is 0 Å². The van der Waals surface area contributed by atoms with Crippen molar-refractivity contribution in [2.75, 3.05) is 0 Å². The molecule has 0 saturated carbocycles. The van der Waals surface area contributed by atoms with Crippen LogP contribution in [0.1, 0.15) is 0 Å². The Balaban J connectivity index is 2.45. The van der Waals surface area contributed by atoms with E-state index in [-0.39, 0.29) is 11.7 Å². The van der Waals surface area contributed by atoms with E-state index in [4.69, 9.17) is 0 Å². The third-order valence-corrected chi connectivity index (χ3v) is 3.03. The van der Waals surface area contributed by atoms with Gasteiger partial charge in [0.25, 0.3) is 0 Å². The molecule has 13 heavy (non-hydrogen) atoms. The van der Waals surface area contributed by atoms with E-state index in [0.29, 0.717) is 4.48 Å². The van der Waals surface area contributed by atoms with Gasteiger partial charge < -0.3 is 0 Å². The fraction of sp³-hybridized carbons (Fsp3) is 0.111. The molecule has 0 spiro atoms. The van der Waals surface area contributed by atoms with Gasteiger partial charge in [-0.3, -0.25) is 9.79 Å². The second-order valence-corrected chi connectivity index (χ2v) is 4.53. The molecule has 0 saturated heterocycles. The average molecular weight is 303 g/mol. The second kappa shape index (κ2) is 3.35. The van der Waals surface area contributed by atoms with Crippen LogP contribution in [0, 0.1) is 5.92 Å². The van der Waals surface area contributed by atoms with Crippen molar-refractivity contribution in [1.29, 1.82) is 0 Å². The van der Waals surface area contributed by atoms with Crippen molar-refractivity contribution in [3.63, 3.8) is 0 Å². The lowest BCUT2D eigenvalue weighted by molar-refractivity contribution is -0.115. The molecule has 0 radical (unpaired) electrons. The summed E-state index contributed by atoms with van der Waals surface area (Å²) < 4.78 is 1.46. The summed E-state index contributed by atoms with van der Waals surface area (Å²) in [5.41, 5.74) is 0.802. The molecule has 0 N–H and O–H groups in total. The first-order valence-corrected chi connectivity index (χ1v) is 5.30. The van der Waals surface area contributed by atoms with Crippen LogP contribution in [0.15, 0.2) is 38.4 Å². The molecule has 4 heteroatoms. The monoisotopic (exact) mass is 301 g/mol. The zero-order valence-electron chi connectivity index (χ0n) is 6.50. The van der Waals surface area contributed by atoms with Gasteiger partial charge in [-0.1, -0.05) is 22.0 Å². The van der Waals surface area contributed by atoms with Crippen molar-refractivity contribution in [3.05, 3.63) is 33.4 Å². The molecule has 0 bridgehead atoms. The molecule has 0 aromatic carbocycles. The van der Waals surface area contributed by atoms with Crippen molar-refractivity contribution in [2.45, 2.75) is 0 Å². The average Bonchev–Trinajstić information content (AvgIpc) is 2.12. The molecule has 1 unspecified atom stereocenters. The minimum Gasteiger partial charge on any atom is -0.292 e. The Labute approximate surface area is 92.4 Å². The molecular weight excluding hydrogens is 298 g/mol. The van der Waals surface area contributed by atoms with E-state index in [9.17, 15) is 4.79 Å². The molecule has 66 valence electrons. The Bertz CT molecular complexity index is 390. The number of ketones is 1. The van der Waals surface area contributed by atoms with E-state index in [1.54, 1.807) is 6.20 Å². The highest BCUT2D eigenvalue weighted by Gasteiger charge is 2.27. The fourth-order valence-corrected chi connectivity index (χ4v) is 1.99. The van der Waals surface area contributed by atoms with Crippen molar-refractivity contribution in [1.82, 2.24) is 0 Å². The van der Waals surface area contributed by atoms with Crippen molar-refractivity contribution < 1.29 is 4.79 Å². The summed E-state index contributed by atoms with van der Waals surface area (Å²) in [6.07, 6.45) is 7.14. The minimum atomic E-state index is -0.223. The van der Waals surface area contributed by atoms with Gasteiger partial charge in [0.05, 0.1) is 16.1 Å². The molecule has 2 rings (SSSR count). The summed E-state index contributed by atoms with van der Waals surface area (Å²) >= 11 is 6.50. The standard InChI is InChI=1S/C9H5Br2NO/c10-5-1-2-8-6(3-5)9(13)7(11)4-12-8/h1-4,6H. The van der Waals surface area contributed by atoms with Crippen LogP contribution in [-0.4, -0.2) is 11.5 Å². The largest absolute Gasteiger partial charge is 0.292 e. The summed E-state index contributed by atoms with van der Waals surface area (Å²) in [6.45, 7) is 0. The van der Waals surface area contributed by atoms with E-state index in [1.165, 1.54) is 0 Å². The molecule has 0 aromatic heterocycles. The fourth-order valence-electron chi connectivity index (χ4n) is 1.25. The smallest absolute Gasteiger partial charge is 0.184 e. The number of rotatable bonds is 0. The Morgan fingerprint density at radius 2 is 2.08 bits per heavy atom. The molecular formula is C9H5Br2NO. The topological polar surface area (TPSA) is 29.4 Å². The highest BCUT2D eigenvalue weighted by Crippen LogP contribution is 2.27. The van der Waals surface area contributed by atoms with Crippen LogP contribution in [-0.2, 0) is 4.79 Å². The Kier molecular flexibility index (Phi) is 2.34. The van der Waals surface area contributed by atoms with Gasteiger partial charge in [0.2, 0.25) is 0 Å². The molecule has 0 fully saturated rings. The normalized spacial score (nSPS) is 26.2. The maximum Gasteiger partial charge on any atom is 0.184 e. The van der Waals surface area contributed by atoms with Crippen LogP contribution in [0.2, 0.25) is 0 Å². The van der Waals surface area contributed by atoms with Gasteiger partial charge in [0.15, 0.2) is 5.78 Å². The number of aliphatic imine (C=N–C) groups is 1. The minimum absolute atomic E-state index is 0.0614. The Morgan fingerprint density at radius 3 is 2.85 bits per heavy atom. The Hall–Kier alpha value is -0.480. The lowest BCUT2D eigenvalue weighted by atomic mass is 9.92. The van der Waals surface area contributed by atoms with Crippen molar-refractivity contribution >= 4 is 43.4 Å². The molecule has 2 nitrogen and oxygen atoms in total. The molecule has 1 aliphatic heterocycles. The molecule has 0 amide bonds. The lowest BCUT2D eigenvalue weighted by Gasteiger charge is -2.18. The van der Waals surface area contributed by atoms with Crippen molar-refractivity contribution in [3.8, 4) is 0 Å². The molecule has 1 atom stereocenters. The molecule has 2 aliphatic rings. The maximum absolute atomic E-state index is 11.6. The number of halogens is 2. The number of carbonyl (C=O) groups excluding carboxylic acids is 1. The predicted octanol–water partition coefficient (Wildman–Crippen LogP) is 2.71. The van der Waals surface area contributed by atoms with Crippen LogP contribution in [0.4, 0.5) is 0 Å². The van der Waals surface area contributed by atoms with Crippen LogP contribution >= 0.6 is 31.9 Å². The molecule has 1 aliphatic carbocycles. The van der Waals surface area contributed by atoms with Gasteiger partial charge in [0.1, 0.15) is 0 Å². The highest BCUT2D eigenvalue weighted by molar-refractivity contribution is 9.12. The summed E-state index contributed by atoms with van der Waals surface area (Å²) in [4.78, 5) is 15.8. The predicted molar refractivity (Wildman–Crippen MR) is 59.1 cm³/mol. The van der Waals surface area contributed by atoms with Gasteiger partial charge in [-0.25, -0.2) is 0 Å². The second-order valence-electron chi connectivity index (χ2n) is 2.76. The van der Waals surface area contributed by atoms with E-state index >= 15 is 0 Å². The van der Waals surface area contributed by atoms with E-state index < -0.39 is 0 Å². The SMILES string of the molecule is O=C1C(Br)=CN=C2C=CC(Br)=CC12. The number of Topliss-reactive ketones (excluding diaryl/α,β-unsaturated/α-hetero) is 1. The van der Waals surface area contributed by atoms with Gasteiger partial charge in [-0.2, -0.15) is 0 Å². The van der Waals surface area contributed by atoms with E-state index in [0.717, 1.165) is 10.2 Å². The summed E-state index contributed by atoms with van der Waals surface area (Å²) in [5, 5.41) is 0. The summed E-state index contributed by atoms with van der Waals surface area (Å²) in [6, 6.07) is 0. The van der Waals surface area contributed by atoms with Crippen LogP contribution in [0.25, 0.3) is 0 Å². The highest BCUT2D eigenvalue weighted by atomic mass is 79.9. The van der Waals surface area contributed by atoms with E-state index in [1.807, 2.05) is 18.2 Å². The van der Waals surface area contributed by atoms with Gasteiger partial charge in [-0.05, 0) is 28.1 Å². The van der Waals surface area contributed by atoms with Crippen LogP contribution < -0.4 is 0 Å². The number of allylic oxidation sites excluding steroid dienone is 5. The third kappa shape index (κ3) is 1.60. The van der Waals surface area contributed by atoms with E-state index in [2.05, 4.69) is 36.9 Å². The molecule has 0 aromatic rings. The lowest BCUT2D eigenvalue weighted by Crippen LogP contribution is -2.25. The number of fused-ring (bicyclic) bond motifs is 1. The zero-order valence-corrected chi connectivity index (χ0v) is 9.67. The Morgan fingerprint density at radius 1 is 1.31 bits per heavy atom. The summed E-state index contributed by atoms with van der Waals surface area (Å²) in [5.74, 6) is -0.162. The quantitative estimate of drug-likeness (QED) is 0.676. The summed E-state index contributed by atoms with van der Waals surface area (Å²) in [7, 11) is 0. The maximum atomic E-state index is 11.6.